The number of carbonyl (C=O) groups excluding carboxylic acids is 2. The van der Waals surface area contributed by atoms with E-state index in [-0.39, 0.29) is 23.3 Å². The fourth-order valence-corrected chi connectivity index (χ4v) is 4.18. The molecule has 0 spiro atoms. The summed E-state index contributed by atoms with van der Waals surface area (Å²) in [6.07, 6.45) is 5.75. The van der Waals surface area contributed by atoms with Crippen LogP contribution in [0.15, 0.2) is 4.79 Å². The standard InChI is InChI=1S/C20H28N4O3/c1-2-3-17(25)24-11-8-16-15(12-24)19(26)22-18(21-16)13-6-9-23(10-7-13)20(27)14-4-5-14/h13-14H,2-12H2,1H3,(H,21,22,26). The average molecular weight is 372 g/mol. The normalized spacial score (nSPS) is 20.5. The number of piperidine rings is 1. The Labute approximate surface area is 159 Å². The molecule has 0 aromatic carbocycles. The number of H-pyrrole nitrogens is 1. The van der Waals surface area contributed by atoms with Crippen molar-refractivity contribution in [3.05, 3.63) is 27.4 Å². The lowest BCUT2D eigenvalue weighted by Crippen LogP contribution is -2.41. The van der Waals surface area contributed by atoms with Crippen molar-refractivity contribution in [3.8, 4) is 0 Å². The van der Waals surface area contributed by atoms with E-state index in [9.17, 15) is 14.4 Å². The SMILES string of the molecule is CCCC(=O)N1CCc2nc(C3CCN(C(=O)C4CC4)CC3)[nH]c(=O)c2C1. The van der Waals surface area contributed by atoms with Crippen molar-refractivity contribution in [3.63, 3.8) is 0 Å². The van der Waals surface area contributed by atoms with Crippen molar-refractivity contribution in [2.45, 2.75) is 64.3 Å². The molecule has 3 heterocycles. The van der Waals surface area contributed by atoms with Crippen LogP contribution in [-0.4, -0.2) is 51.2 Å². The molecule has 4 rings (SSSR count). The Balaban J connectivity index is 1.44. The van der Waals surface area contributed by atoms with E-state index in [1.807, 2.05) is 11.8 Å². The first-order chi connectivity index (χ1) is 13.1. The zero-order chi connectivity index (χ0) is 19.0. The molecule has 1 saturated carbocycles. The Bertz CT molecular complexity index is 791. The highest BCUT2D eigenvalue weighted by molar-refractivity contribution is 5.81. The van der Waals surface area contributed by atoms with Crippen LogP contribution >= 0.6 is 0 Å². The highest BCUT2D eigenvalue weighted by Gasteiger charge is 2.35. The minimum absolute atomic E-state index is 0.110. The summed E-state index contributed by atoms with van der Waals surface area (Å²) in [4.78, 5) is 48.4. The van der Waals surface area contributed by atoms with Crippen molar-refractivity contribution < 1.29 is 9.59 Å². The first-order valence-corrected chi connectivity index (χ1v) is 10.2. The molecule has 0 atom stereocenters. The molecule has 27 heavy (non-hydrogen) atoms. The lowest BCUT2D eigenvalue weighted by atomic mass is 9.95. The summed E-state index contributed by atoms with van der Waals surface area (Å²) < 4.78 is 0. The number of amides is 2. The molecule has 1 aromatic heterocycles. The van der Waals surface area contributed by atoms with Gasteiger partial charge in [-0.1, -0.05) is 6.92 Å². The van der Waals surface area contributed by atoms with Gasteiger partial charge in [0.1, 0.15) is 5.82 Å². The van der Waals surface area contributed by atoms with Gasteiger partial charge < -0.3 is 14.8 Å². The Kier molecular flexibility index (Phi) is 5.02. The lowest BCUT2D eigenvalue weighted by molar-refractivity contribution is -0.134. The summed E-state index contributed by atoms with van der Waals surface area (Å²) in [6.45, 7) is 4.49. The number of aromatic nitrogens is 2. The van der Waals surface area contributed by atoms with E-state index < -0.39 is 0 Å². The second-order valence-corrected chi connectivity index (χ2v) is 8.07. The molecule has 7 heteroatoms. The number of hydrogen-bond acceptors (Lipinski definition) is 4. The summed E-state index contributed by atoms with van der Waals surface area (Å²) in [5.74, 6) is 1.63. The predicted octanol–water partition coefficient (Wildman–Crippen LogP) is 1.57. The molecule has 1 N–H and O–H groups in total. The highest BCUT2D eigenvalue weighted by atomic mass is 16.2. The molecule has 2 amide bonds. The number of carbonyl (C=O) groups is 2. The summed E-state index contributed by atoms with van der Waals surface area (Å²) in [5.41, 5.74) is 1.36. The van der Waals surface area contributed by atoms with Crippen LogP contribution in [0.1, 0.15) is 68.4 Å². The summed E-state index contributed by atoms with van der Waals surface area (Å²) in [5, 5.41) is 0. The fraction of sp³-hybridized carbons (Fsp3) is 0.700. The number of nitrogens with one attached hydrogen (secondary N) is 1. The minimum Gasteiger partial charge on any atom is -0.342 e. The Morgan fingerprint density at radius 2 is 1.85 bits per heavy atom. The number of likely N-dealkylation sites (tertiary alicyclic amines) is 1. The lowest BCUT2D eigenvalue weighted by Gasteiger charge is -2.32. The molecule has 146 valence electrons. The van der Waals surface area contributed by atoms with Crippen LogP contribution < -0.4 is 5.56 Å². The zero-order valence-electron chi connectivity index (χ0n) is 16.0. The molecule has 1 saturated heterocycles. The van der Waals surface area contributed by atoms with Crippen LogP contribution in [0, 0.1) is 5.92 Å². The van der Waals surface area contributed by atoms with E-state index in [1.54, 1.807) is 4.90 Å². The molecular formula is C20H28N4O3. The second-order valence-electron chi connectivity index (χ2n) is 8.07. The van der Waals surface area contributed by atoms with Gasteiger partial charge in [0, 0.05) is 44.3 Å². The van der Waals surface area contributed by atoms with E-state index in [0.29, 0.717) is 37.4 Å². The molecule has 3 aliphatic rings. The summed E-state index contributed by atoms with van der Waals surface area (Å²) >= 11 is 0. The molecule has 0 radical (unpaired) electrons. The van der Waals surface area contributed by atoms with Crippen LogP contribution in [0.4, 0.5) is 0 Å². The van der Waals surface area contributed by atoms with Crippen LogP contribution in [0.25, 0.3) is 0 Å². The Hall–Kier alpha value is -2.18. The van der Waals surface area contributed by atoms with Gasteiger partial charge in [-0.25, -0.2) is 4.98 Å². The van der Waals surface area contributed by atoms with Crippen molar-refractivity contribution in [1.82, 2.24) is 19.8 Å². The van der Waals surface area contributed by atoms with Crippen LogP contribution in [-0.2, 0) is 22.6 Å². The van der Waals surface area contributed by atoms with Crippen molar-refractivity contribution in [2.75, 3.05) is 19.6 Å². The van der Waals surface area contributed by atoms with Gasteiger partial charge in [0.05, 0.1) is 17.8 Å². The monoisotopic (exact) mass is 372 g/mol. The molecular weight excluding hydrogens is 344 g/mol. The van der Waals surface area contributed by atoms with Gasteiger partial charge in [0.25, 0.3) is 5.56 Å². The maximum absolute atomic E-state index is 12.6. The summed E-state index contributed by atoms with van der Waals surface area (Å²) in [6, 6.07) is 0. The van der Waals surface area contributed by atoms with Crippen LogP contribution in [0.2, 0.25) is 0 Å². The Morgan fingerprint density at radius 1 is 1.11 bits per heavy atom. The fourth-order valence-electron chi connectivity index (χ4n) is 4.18. The van der Waals surface area contributed by atoms with Gasteiger partial charge >= 0.3 is 0 Å². The largest absolute Gasteiger partial charge is 0.342 e. The maximum atomic E-state index is 12.6. The molecule has 0 unspecified atom stereocenters. The third-order valence-corrected chi connectivity index (χ3v) is 6.02. The molecule has 0 bridgehead atoms. The molecule has 1 aromatic rings. The van der Waals surface area contributed by atoms with E-state index in [4.69, 9.17) is 4.98 Å². The number of hydrogen-bond donors (Lipinski definition) is 1. The maximum Gasteiger partial charge on any atom is 0.256 e. The van der Waals surface area contributed by atoms with Crippen molar-refractivity contribution in [1.29, 1.82) is 0 Å². The first-order valence-electron chi connectivity index (χ1n) is 10.2. The number of aromatic amines is 1. The van der Waals surface area contributed by atoms with Gasteiger partial charge in [-0.15, -0.1) is 0 Å². The average Bonchev–Trinajstić information content (AvgIpc) is 3.53. The van der Waals surface area contributed by atoms with Gasteiger partial charge in [0.2, 0.25) is 11.8 Å². The summed E-state index contributed by atoms with van der Waals surface area (Å²) in [7, 11) is 0. The van der Waals surface area contributed by atoms with Crippen LogP contribution in [0.3, 0.4) is 0 Å². The molecule has 1 aliphatic carbocycles. The smallest absolute Gasteiger partial charge is 0.256 e. The topological polar surface area (TPSA) is 86.4 Å². The highest BCUT2D eigenvalue weighted by Crippen LogP contribution is 2.33. The third kappa shape index (κ3) is 3.77. The quantitative estimate of drug-likeness (QED) is 0.869. The molecule has 2 fully saturated rings. The van der Waals surface area contributed by atoms with E-state index >= 15 is 0 Å². The third-order valence-electron chi connectivity index (χ3n) is 6.02. The van der Waals surface area contributed by atoms with E-state index in [2.05, 4.69) is 4.98 Å². The van der Waals surface area contributed by atoms with Gasteiger partial charge in [-0.05, 0) is 32.1 Å². The minimum atomic E-state index is -0.111. The van der Waals surface area contributed by atoms with Gasteiger partial charge in [-0.2, -0.15) is 0 Å². The zero-order valence-corrected chi connectivity index (χ0v) is 16.0. The number of fused-ring (bicyclic) bond motifs is 1. The molecule has 7 nitrogen and oxygen atoms in total. The Morgan fingerprint density at radius 3 is 2.52 bits per heavy atom. The first kappa shape index (κ1) is 18.2. The molecule has 2 aliphatic heterocycles. The van der Waals surface area contributed by atoms with Gasteiger partial charge in [-0.3, -0.25) is 14.4 Å². The predicted molar refractivity (Wildman–Crippen MR) is 100 cm³/mol. The second kappa shape index (κ2) is 7.44. The van der Waals surface area contributed by atoms with Gasteiger partial charge in [0.15, 0.2) is 0 Å². The van der Waals surface area contributed by atoms with E-state index in [1.165, 1.54) is 0 Å². The van der Waals surface area contributed by atoms with Crippen molar-refractivity contribution in [2.24, 2.45) is 5.92 Å². The van der Waals surface area contributed by atoms with Crippen LogP contribution in [0.5, 0.6) is 0 Å². The number of rotatable bonds is 4. The van der Waals surface area contributed by atoms with E-state index in [0.717, 1.165) is 56.7 Å². The van der Waals surface area contributed by atoms with Crippen molar-refractivity contribution >= 4 is 11.8 Å². The number of nitrogens with zero attached hydrogens (tertiary/aromatic N) is 3.